The third-order valence-corrected chi connectivity index (χ3v) is 4.35. The van der Waals surface area contributed by atoms with Crippen LogP contribution in [-0.2, 0) is 0 Å². The van der Waals surface area contributed by atoms with Crippen molar-refractivity contribution in [3.63, 3.8) is 0 Å². The summed E-state index contributed by atoms with van der Waals surface area (Å²) in [4.78, 5) is 2.49. The molecule has 2 atom stereocenters. The Morgan fingerprint density at radius 2 is 2.00 bits per heavy atom. The fourth-order valence-corrected chi connectivity index (χ4v) is 3.00. The third kappa shape index (κ3) is 3.36. The molecule has 2 nitrogen and oxygen atoms in total. The molecule has 0 aromatic heterocycles. The Kier molecular flexibility index (Phi) is 4.27. The van der Waals surface area contributed by atoms with E-state index in [9.17, 15) is 0 Å². The summed E-state index contributed by atoms with van der Waals surface area (Å²) >= 11 is 0. The number of nitrogens with zero attached hydrogens (tertiary/aromatic N) is 2. The zero-order chi connectivity index (χ0) is 13.9. The first-order chi connectivity index (χ1) is 9.02. The van der Waals surface area contributed by atoms with Crippen LogP contribution in [0.3, 0.4) is 0 Å². The molecule has 2 unspecified atom stereocenters. The molecule has 1 saturated heterocycles. The minimum Gasteiger partial charge on any atom is -0.295 e. The van der Waals surface area contributed by atoms with Gasteiger partial charge in [0.25, 0.3) is 0 Å². The maximum atomic E-state index is 9.11. The third-order valence-electron chi connectivity index (χ3n) is 4.35. The van der Waals surface area contributed by atoms with Crippen LogP contribution in [0.2, 0.25) is 0 Å². The highest BCUT2D eigenvalue weighted by Crippen LogP contribution is 2.37. The van der Waals surface area contributed by atoms with E-state index in [1.165, 1.54) is 12.0 Å². The molecule has 2 heteroatoms. The SMILES string of the molecule is CC(C)(C)C1CCN(C(CC#N)c2ccccc2)C1. The second-order valence-electron chi connectivity index (χ2n) is 6.64. The monoisotopic (exact) mass is 256 g/mol. The summed E-state index contributed by atoms with van der Waals surface area (Å²) in [5, 5.41) is 9.11. The fourth-order valence-electron chi connectivity index (χ4n) is 3.00. The summed E-state index contributed by atoms with van der Waals surface area (Å²) in [5.41, 5.74) is 1.64. The first-order valence-corrected chi connectivity index (χ1v) is 7.18. The summed E-state index contributed by atoms with van der Waals surface area (Å²) in [6.07, 6.45) is 1.83. The van der Waals surface area contributed by atoms with Crippen LogP contribution >= 0.6 is 0 Å². The van der Waals surface area contributed by atoms with E-state index in [-0.39, 0.29) is 6.04 Å². The number of likely N-dealkylation sites (tertiary alicyclic amines) is 1. The lowest BCUT2D eigenvalue weighted by molar-refractivity contribution is 0.196. The highest BCUT2D eigenvalue weighted by atomic mass is 15.2. The molecule has 0 spiro atoms. The molecule has 0 N–H and O–H groups in total. The van der Waals surface area contributed by atoms with Gasteiger partial charge in [0, 0.05) is 12.6 Å². The number of nitriles is 1. The summed E-state index contributed by atoms with van der Waals surface area (Å²) in [6.45, 7) is 9.20. The van der Waals surface area contributed by atoms with Crippen LogP contribution in [0.15, 0.2) is 30.3 Å². The Hall–Kier alpha value is -1.33. The lowest BCUT2D eigenvalue weighted by Crippen LogP contribution is -2.29. The van der Waals surface area contributed by atoms with Crippen molar-refractivity contribution in [3.05, 3.63) is 35.9 Å². The molecule has 0 aliphatic carbocycles. The standard InChI is InChI=1S/C17H24N2/c1-17(2,3)15-10-12-19(13-15)16(9-11-18)14-7-5-4-6-8-14/h4-8,15-16H,9-10,12-13H2,1-3H3. The first kappa shape index (κ1) is 14.1. The zero-order valence-electron chi connectivity index (χ0n) is 12.3. The molecule has 1 aromatic carbocycles. The van der Waals surface area contributed by atoms with Crippen molar-refractivity contribution in [2.45, 2.75) is 39.7 Å². The van der Waals surface area contributed by atoms with E-state index in [0.29, 0.717) is 11.8 Å². The maximum absolute atomic E-state index is 9.11. The van der Waals surface area contributed by atoms with Crippen molar-refractivity contribution in [1.82, 2.24) is 4.90 Å². The van der Waals surface area contributed by atoms with Crippen molar-refractivity contribution < 1.29 is 0 Å². The molecule has 1 heterocycles. The lowest BCUT2D eigenvalue weighted by Gasteiger charge is -2.30. The molecular formula is C17H24N2. The molecule has 0 bridgehead atoms. The average molecular weight is 256 g/mol. The van der Waals surface area contributed by atoms with Crippen LogP contribution in [0.5, 0.6) is 0 Å². The molecule has 2 rings (SSSR count). The second-order valence-corrected chi connectivity index (χ2v) is 6.64. The summed E-state index contributed by atoms with van der Waals surface area (Å²) in [5.74, 6) is 0.734. The van der Waals surface area contributed by atoms with E-state index in [1.807, 2.05) is 6.07 Å². The van der Waals surface area contributed by atoms with Gasteiger partial charge in [0.1, 0.15) is 0 Å². The quantitative estimate of drug-likeness (QED) is 0.817. The molecule has 102 valence electrons. The molecule has 19 heavy (non-hydrogen) atoms. The minimum absolute atomic E-state index is 0.263. The van der Waals surface area contributed by atoms with Crippen LogP contribution in [0.25, 0.3) is 0 Å². The molecule has 1 aliphatic rings. The van der Waals surface area contributed by atoms with Crippen LogP contribution < -0.4 is 0 Å². The topological polar surface area (TPSA) is 27.0 Å². The molecule has 0 saturated carbocycles. The fraction of sp³-hybridized carbons (Fsp3) is 0.588. The van der Waals surface area contributed by atoms with Gasteiger partial charge in [0.15, 0.2) is 0 Å². The smallest absolute Gasteiger partial charge is 0.0641 e. The Balaban J connectivity index is 2.12. The van der Waals surface area contributed by atoms with Gasteiger partial charge in [-0.25, -0.2) is 0 Å². The minimum atomic E-state index is 0.263. The largest absolute Gasteiger partial charge is 0.295 e. The number of rotatable bonds is 3. The molecule has 1 aromatic rings. The van der Waals surface area contributed by atoms with Crippen LogP contribution in [0.1, 0.15) is 45.2 Å². The summed E-state index contributed by atoms with van der Waals surface area (Å²) < 4.78 is 0. The molecule has 0 amide bonds. The van der Waals surface area contributed by atoms with Crippen molar-refractivity contribution in [2.24, 2.45) is 11.3 Å². The highest BCUT2D eigenvalue weighted by molar-refractivity contribution is 5.20. The molecule has 1 aliphatic heterocycles. The second kappa shape index (κ2) is 5.75. The predicted molar refractivity (Wildman–Crippen MR) is 78.5 cm³/mol. The van der Waals surface area contributed by atoms with Crippen molar-refractivity contribution in [2.75, 3.05) is 13.1 Å². The van der Waals surface area contributed by atoms with Crippen molar-refractivity contribution in [1.29, 1.82) is 5.26 Å². The van der Waals surface area contributed by atoms with Gasteiger partial charge in [-0.2, -0.15) is 5.26 Å². The normalized spacial score (nSPS) is 22.1. The van der Waals surface area contributed by atoms with E-state index in [1.54, 1.807) is 0 Å². The maximum Gasteiger partial charge on any atom is 0.0641 e. The van der Waals surface area contributed by atoms with Gasteiger partial charge in [-0.05, 0) is 29.9 Å². The highest BCUT2D eigenvalue weighted by Gasteiger charge is 2.34. The van der Waals surface area contributed by atoms with Gasteiger partial charge in [-0.1, -0.05) is 51.1 Å². The van der Waals surface area contributed by atoms with E-state index >= 15 is 0 Å². The van der Waals surface area contributed by atoms with Gasteiger partial charge >= 0.3 is 0 Å². The predicted octanol–water partition coefficient (Wildman–Crippen LogP) is 4.01. The molecule has 1 fully saturated rings. The van der Waals surface area contributed by atoms with E-state index in [2.05, 4.69) is 56.0 Å². The lowest BCUT2D eigenvalue weighted by atomic mass is 9.80. The van der Waals surface area contributed by atoms with E-state index in [4.69, 9.17) is 5.26 Å². The Bertz CT molecular complexity index is 439. The van der Waals surface area contributed by atoms with Gasteiger partial charge < -0.3 is 0 Å². The number of hydrogen-bond donors (Lipinski definition) is 0. The first-order valence-electron chi connectivity index (χ1n) is 7.18. The van der Waals surface area contributed by atoms with Crippen molar-refractivity contribution in [3.8, 4) is 6.07 Å². The van der Waals surface area contributed by atoms with E-state index < -0.39 is 0 Å². The van der Waals surface area contributed by atoms with Gasteiger partial charge in [0.2, 0.25) is 0 Å². The average Bonchev–Trinajstić information content (AvgIpc) is 2.86. The number of hydrogen-bond acceptors (Lipinski definition) is 2. The van der Waals surface area contributed by atoms with Gasteiger partial charge in [-0.3, -0.25) is 4.90 Å². The molecule has 0 radical (unpaired) electrons. The Morgan fingerprint density at radius 3 is 2.53 bits per heavy atom. The zero-order valence-corrected chi connectivity index (χ0v) is 12.3. The van der Waals surface area contributed by atoms with Crippen LogP contribution in [0.4, 0.5) is 0 Å². The summed E-state index contributed by atoms with van der Waals surface area (Å²) in [7, 11) is 0. The van der Waals surface area contributed by atoms with E-state index in [0.717, 1.165) is 19.0 Å². The summed E-state index contributed by atoms with van der Waals surface area (Å²) in [6, 6.07) is 13.1. The Morgan fingerprint density at radius 1 is 1.32 bits per heavy atom. The van der Waals surface area contributed by atoms with Gasteiger partial charge in [-0.15, -0.1) is 0 Å². The Labute approximate surface area is 117 Å². The van der Waals surface area contributed by atoms with Crippen LogP contribution in [0, 0.1) is 22.7 Å². The molecular weight excluding hydrogens is 232 g/mol. The van der Waals surface area contributed by atoms with Crippen molar-refractivity contribution >= 4 is 0 Å². The van der Waals surface area contributed by atoms with Crippen LogP contribution in [-0.4, -0.2) is 18.0 Å². The van der Waals surface area contributed by atoms with Gasteiger partial charge in [0.05, 0.1) is 12.5 Å². The number of benzene rings is 1.